The summed E-state index contributed by atoms with van der Waals surface area (Å²) < 4.78 is 6.03. The second kappa shape index (κ2) is 10.2. The fourth-order valence-electron chi connectivity index (χ4n) is 2.83. The highest BCUT2D eigenvalue weighted by Crippen LogP contribution is 2.33. The van der Waals surface area contributed by atoms with E-state index in [2.05, 4.69) is 29.8 Å². The zero-order valence-corrected chi connectivity index (χ0v) is 19.8. The molecule has 2 aromatic carbocycles. The molecule has 31 heavy (non-hydrogen) atoms. The molecule has 0 aliphatic heterocycles. The number of nitrogens with zero attached hydrogens (tertiary/aromatic N) is 2. The van der Waals surface area contributed by atoms with E-state index < -0.39 is 5.91 Å². The van der Waals surface area contributed by atoms with Gasteiger partial charge >= 0.3 is 0 Å². The molecule has 0 radical (unpaired) electrons. The molecule has 0 spiro atoms. The molecule has 0 aliphatic rings. The summed E-state index contributed by atoms with van der Waals surface area (Å²) in [5, 5.41) is 8.51. The average molecular weight is 476 g/mol. The van der Waals surface area contributed by atoms with E-state index in [0.29, 0.717) is 49.1 Å². The standard InChI is InChI=1S/C21H23ClN5O2PS/c1-27(2)8-7-25-21(31)26-16-4-3-12(9-15(16)22)29-18-5-6-24-17-11-19(30)14(20(23)28)10-13(17)18/h3-6,9-11H,7-8,30H2,1-2H3,(H2,23,28)(H2,25,26,31). The molecule has 1 unspecified atom stereocenters. The van der Waals surface area contributed by atoms with Crippen molar-refractivity contribution in [2.45, 2.75) is 0 Å². The first-order valence-corrected chi connectivity index (χ1v) is 10.8. The number of aromatic nitrogens is 1. The van der Waals surface area contributed by atoms with E-state index in [1.807, 2.05) is 14.1 Å². The van der Waals surface area contributed by atoms with E-state index >= 15 is 0 Å². The van der Waals surface area contributed by atoms with Gasteiger partial charge in [0.05, 0.1) is 16.2 Å². The molecule has 0 aliphatic carbocycles. The minimum Gasteiger partial charge on any atom is -0.457 e. The molecule has 0 fully saturated rings. The number of halogens is 1. The molecule has 3 aromatic rings. The Labute approximate surface area is 193 Å². The number of hydrogen-bond acceptors (Lipinski definition) is 5. The van der Waals surface area contributed by atoms with Crippen LogP contribution in [-0.2, 0) is 0 Å². The van der Waals surface area contributed by atoms with Gasteiger partial charge < -0.3 is 26.0 Å². The molecule has 0 saturated carbocycles. The Hall–Kier alpha value is -2.51. The third kappa shape index (κ3) is 6.02. The van der Waals surface area contributed by atoms with Crippen LogP contribution in [0.5, 0.6) is 11.5 Å². The molecule has 162 valence electrons. The number of thiocarbonyl (C=S) groups is 1. The van der Waals surface area contributed by atoms with Crippen molar-refractivity contribution < 1.29 is 9.53 Å². The second-order valence-electron chi connectivity index (χ2n) is 7.06. The number of hydrogen-bond donors (Lipinski definition) is 3. The Balaban J connectivity index is 1.78. The largest absolute Gasteiger partial charge is 0.457 e. The number of carbonyl (C=O) groups is 1. The van der Waals surface area contributed by atoms with Gasteiger partial charge in [-0.15, -0.1) is 9.24 Å². The van der Waals surface area contributed by atoms with Crippen LogP contribution in [0.3, 0.4) is 0 Å². The molecule has 1 amide bonds. The van der Waals surface area contributed by atoms with Gasteiger partial charge in [-0.25, -0.2) is 0 Å². The summed E-state index contributed by atoms with van der Waals surface area (Å²) in [5.74, 6) is 0.551. The third-order valence-electron chi connectivity index (χ3n) is 4.40. The molecular formula is C21H23ClN5O2PS. The number of likely N-dealkylation sites (N-methyl/N-ethyl adjacent to an activating group) is 1. The van der Waals surface area contributed by atoms with Crippen molar-refractivity contribution in [3.63, 3.8) is 0 Å². The van der Waals surface area contributed by atoms with Gasteiger partial charge in [-0.3, -0.25) is 9.78 Å². The van der Waals surface area contributed by atoms with Crippen LogP contribution in [0.2, 0.25) is 5.02 Å². The highest BCUT2D eigenvalue weighted by molar-refractivity contribution is 7.80. The predicted octanol–water partition coefficient (Wildman–Crippen LogP) is 3.13. The number of primary amides is 1. The lowest BCUT2D eigenvalue weighted by Crippen LogP contribution is -2.34. The van der Waals surface area contributed by atoms with Gasteiger partial charge in [0, 0.05) is 36.3 Å². The maximum Gasteiger partial charge on any atom is 0.249 e. The SMILES string of the molecule is CN(C)CCNC(=S)Nc1ccc(Oc2ccnc3cc(P)c(C(N)=O)cc23)cc1Cl. The van der Waals surface area contributed by atoms with Crippen molar-refractivity contribution in [3.05, 3.63) is 53.2 Å². The van der Waals surface area contributed by atoms with Crippen LogP contribution in [-0.4, -0.2) is 48.1 Å². The smallest absolute Gasteiger partial charge is 0.249 e. The van der Waals surface area contributed by atoms with Crippen LogP contribution in [0, 0.1) is 0 Å². The minimum atomic E-state index is -0.518. The lowest BCUT2D eigenvalue weighted by molar-refractivity contribution is 0.100. The molecule has 1 aromatic heterocycles. The van der Waals surface area contributed by atoms with Crippen LogP contribution in [0.25, 0.3) is 10.9 Å². The first-order chi connectivity index (χ1) is 14.7. The van der Waals surface area contributed by atoms with Crippen LogP contribution < -0.4 is 26.4 Å². The monoisotopic (exact) mass is 475 g/mol. The van der Waals surface area contributed by atoms with Gasteiger partial charge in [-0.1, -0.05) is 11.6 Å². The predicted molar refractivity (Wildman–Crippen MR) is 134 cm³/mol. The summed E-state index contributed by atoms with van der Waals surface area (Å²) in [4.78, 5) is 18.1. The Morgan fingerprint density at radius 2 is 2.06 bits per heavy atom. The number of ether oxygens (including phenoxy) is 1. The molecule has 1 atom stereocenters. The number of benzene rings is 2. The van der Waals surface area contributed by atoms with Crippen molar-refractivity contribution in [2.75, 3.05) is 32.5 Å². The average Bonchev–Trinajstić information content (AvgIpc) is 2.69. The van der Waals surface area contributed by atoms with E-state index in [9.17, 15) is 4.79 Å². The summed E-state index contributed by atoms with van der Waals surface area (Å²) in [6.07, 6.45) is 1.64. The van der Waals surface area contributed by atoms with E-state index in [1.54, 1.807) is 42.6 Å². The second-order valence-corrected chi connectivity index (χ2v) is 8.50. The number of fused-ring (bicyclic) bond motifs is 1. The van der Waals surface area contributed by atoms with E-state index in [0.717, 1.165) is 13.1 Å². The summed E-state index contributed by atoms with van der Waals surface area (Å²) in [6.45, 7) is 1.58. The van der Waals surface area contributed by atoms with E-state index in [4.69, 9.17) is 34.3 Å². The molecule has 0 saturated heterocycles. The number of pyridine rings is 1. The van der Waals surface area contributed by atoms with Crippen LogP contribution >= 0.6 is 33.1 Å². The minimum absolute atomic E-state index is 0.392. The first-order valence-electron chi connectivity index (χ1n) is 9.39. The molecule has 0 bridgehead atoms. The number of anilines is 1. The number of carbonyl (C=O) groups excluding carboxylic acids is 1. The molecular weight excluding hydrogens is 453 g/mol. The summed E-state index contributed by atoms with van der Waals surface area (Å²) in [6, 6.07) is 10.4. The Morgan fingerprint density at radius 3 is 2.74 bits per heavy atom. The maximum atomic E-state index is 11.7. The maximum absolute atomic E-state index is 11.7. The fraction of sp³-hybridized carbons (Fsp3) is 0.190. The van der Waals surface area contributed by atoms with Crippen molar-refractivity contribution >= 4 is 66.0 Å². The Kier molecular flexibility index (Phi) is 7.62. The third-order valence-corrected chi connectivity index (χ3v) is 5.44. The topological polar surface area (TPSA) is 92.5 Å². The zero-order valence-electron chi connectivity index (χ0n) is 17.1. The first kappa shape index (κ1) is 23.2. The number of amides is 1. The molecule has 7 nitrogen and oxygen atoms in total. The van der Waals surface area contributed by atoms with Gasteiger partial charge in [0.1, 0.15) is 11.5 Å². The van der Waals surface area contributed by atoms with Gasteiger partial charge in [0.25, 0.3) is 0 Å². The molecule has 10 heteroatoms. The zero-order chi connectivity index (χ0) is 22.5. The quantitative estimate of drug-likeness (QED) is 0.357. The van der Waals surface area contributed by atoms with Crippen molar-refractivity contribution in [2.24, 2.45) is 5.73 Å². The highest BCUT2D eigenvalue weighted by atomic mass is 35.5. The van der Waals surface area contributed by atoms with E-state index in [-0.39, 0.29) is 0 Å². The lowest BCUT2D eigenvalue weighted by Gasteiger charge is -2.15. The van der Waals surface area contributed by atoms with Crippen LogP contribution in [0.1, 0.15) is 10.4 Å². The van der Waals surface area contributed by atoms with Crippen LogP contribution in [0.4, 0.5) is 5.69 Å². The van der Waals surface area contributed by atoms with Gasteiger partial charge in [0.2, 0.25) is 5.91 Å². The molecule has 1 heterocycles. The van der Waals surface area contributed by atoms with E-state index in [1.165, 1.54) is 0 Å². The van der Waals surface area contributed by atoms with Crippen molar-refractivity contribution in [3.8, 4) is 11.5 Å². The fourth-order valence-corrected chi connectivity index (χ4v) is 3.65. The normalized spacial score (nSPS) is 10.9. The Bertz CT molecular complexity index is 1140. The highest BCUT2D eigenvalue weighted by Gasteiger charge is 2.12. The van der Waals surface area contributed by atoms with Crippen molar-refractivity contribution in [1.29, 1.82) is 0 Å². The summed E-state index contributed by atoms with van der Waals surface area (Å²) >= 11 is 11.7. The number of nitrogens with one attached hydrogen (secondary N) is 2. The molecule has 4 N–H and O–H groups in total. The van der Waals surface area contributed by atoms with Gasteiger partial charge in [0.15, 0.2) is 5.11 Å². The van der Waals surface area contributed by atoms with Crippen molar-refractivity contribution in [1.82, 2.24) is 15.2 Å². The van der Waals surface area contributed by atoms with Crippen LogP contribution in [0.15, 0.2) is 42.6 Å². The summed E-state index contributed by atoms with van der Waals surface area (Å²) in [7, 11) is 6.49. The summed E-state index contributed by atoms with van der Waals surface area (Å²) in [5.41, 5.74) is 7.22. The number of rotatable bonds is 7. The van der Waals surface area contributed by atoms with Gasteiger partial charge in [-0.05, 0) is 61.9 Å². The molecule has 3 rings (SSSR count). The lowest BCUT2D eigenvalue weighted by atomic mass is 10.1. The Morgan fingerprint density at radius 1 is 1.29 bits per heavy atom. The number of nitrogens with two attached hydrogens (primary N) is 1. The van der Waals surface area contributed by atoms with Gasteiger partial charge in [-0.2, -0.15) is 0 Å².